The van der Waals surface area contributed by atoms with Crippen molar-refractivity contribution in [3.05, 3.63) is 11.6 Å². The van der Waals surface area contributed by atoms with Crippen LogP contribution in [-0.2, 0) is 19.1 Å². The Kier molecular flexibility index (Phi) is 2.46. The smallest absolute Gasteiger partial charge is 0.325 e. The second kappa shape index (κ2) is 3.38. The summed E-state index contributed by atoms with van der Waals surface area (Å²) in [6, 6.07) is 0. The maximum absolute atomic E-state index is 11.2. The van der Waals surface area contributed by atoms with Crippen molar-refractivity contribution < 1.29 is 19.1 Å². The predicted octanol–water partition coefficient (Wildman–Crippen LogP) is -0.526. The van der Waals surface area contributed by atoms with Gasteiger partial charge in [-0.25, -0.2) is 0 Å². The molecule has 0 aromatic heterocycles. The molecule has 0 aromatic rings. The van der Waals surface area contributed by atoms with Crippen molar-refractivity contribution in [2.75, 3.05) is 13.7 Å². The van der Waals surface area contributed by atoms with Gasteiger partial charge in [-0.15, -0.1) is 0 Å². The van der Waals surface area contributed by atoms with Crippen LogP contribution in [-0.4, -0.2) is 36.3 Å². The van der Waals surface area contributed by atoms with Gasteiger partial charge < -0.3 is 4.74 Å². The lowest BCUT2D eigenvalue weighted by molar-refractivity contribution is -0.149. The number of methoxy groups -OCH3 is 1. The zero-order valence-corrected chi connectivity index (χ0v) is 7.36. The lowest BCUT2D eigenvalue weighted by atomic mass is 10.3. The molecule has 0 aliphatic carbocycles. The van der Waals surface area contributed by atoms with Crippen molar-refractivity contribution in [1.82, 2.24) is 4.90 Å². The number of hydrogen-bond donors (Lipinski definition) is 0. The van der Waals surface area contributed by atoms with E-state index < -0.39 is 17.8 Å². The number of hydrogen-bond acceptors (Lipinski definition) is 4. The van der Waals surface area contributed by atoms with E-state index in [1.165, 1.54) is 20.1 Å². The Hall–Kier alpha value is -1.65. The SMILES string of the molecule is COC(=O)CN1C(=O)C=C(C)C1=O. The average Bonchev–Trinajstić information content (AvgIpc) is 2.32. The highest BCUT2D eigenvalue weighted by atomic mass is 16.5. The van der Waals surface area contributed by atoms with Crippen LogP contribution in [0.3, 0.4) is 0 Å². The highest BCUT2D eigenvalue weighted by Gasteiger charge is 2.29. The van der Waals surface area contributed by atoms with Gasteiger partial charge in [0.15, 0.2) is 0 Å². The molecule has 0 atom stereocenters. The van der Waals surface area contributed by atoms with Gasteiger partial charge in [-0.05, 0) is 6.92 Å². The molecule has 1 aliphatic heterocycles. The summed E-state index contributed by atoms with van der Waals surface area (Å²) in [6.07, 6.45) is 1.20. The second-order valence-corrected chi connectivity index (χ2v) is 2.63. The summed E-state index contributed by atoms with van der Waals surface area (Å²) in [4.78, 5) is 33.9. The van der Waals surface area contributed by atoms with Gasteiger partial charge >= 0.3 is 5.97 Å². The maximum atomic E-state index is 11.2. The van der Waals surface area contributed by atoms with Gasteiger partial charge in [0.1, 0.15) is 6.54 Å². The number of carbonyl (C=O) groups is 3. The minimum Gasteiger partial charge on any atom is -0.468 e. The minimum atomic E-state index is -0.607. The molecule has 0 fully saturated rings. The van der Waals surface area contributed by atoms with Crippen LogP contribution < -0.4 is 0 Å². The van der Waals surface area contributed by atoms with Gasteiger partial charge in [-0.2, -0.15) is 0 Å². The van der Waals surface area contributed by atoms with Gasteiger partial charge in [0.2, 0.25) is 0 Å². The summed E-state index contributed by atoms with van der Waals surface area (Å²) in [5.74, 6) is -1.51. The summed E-state index contributed by atoms with van der Waals surface area (Å²) in [5, 5.41) is 0. The van der Waals surface area contributed by atoms with E-state index in [0.717, 1.165) is 4.90 Å². The topological polar surface area (TPSA) is 63.7 Å². The van der Waals surface area contributed by atoms with E-state index in [1.54, 1.807) is 0 Å². The van der Waals surface area contributed by atoms with Gasteiger partial charge in [-0.1, -0.05) is 0 Å². The lowest BCUT2D eigenvalue weighted by Crippen LogP contribution is -2.36. The van der Waals surface area contributed by atoms with Crippen molar-refractivity contribution in [3.8, 4) is 0 Å². The van der Waals surface area contributed by atoms with E-state index >= 15 is 0 Å². The molecule has 0 saturated carbocycles. The first-order chi connectivity index (χ1) is 6.06. The number of carbonyl (C=O) groups excluding carboxylic acids is 3. The minimum absolute atomic E-state index is 0.317. The van der Waals surface area contributed by atoms with Gasteiger partial charge in [0, 0.05) is 11.6 Å². The third-order valence-electron chi connectivity index (χ3n) is 1.70. The first-order valence-electron chi connectivity index (χ1n) is 3.67. The molecule has 1 rings (SSSR count). The zero-order chi connectivity index (χ0) is 10.0. The largest absolute Gasteiger partial charge is 0.468 e. The number of nitrogens with zero attached hydrogens (tertiary/aromatic N) is 1. The molecule has 0 unspecified atom stereocenters. The van der Waals surface area contributed by atoms with Crippen molar-refractivity contribution in [2.24, 2.45) is 0 Å². The van der Waals surface area contributed by atoms with Crippen LogP contribution in [0.2, 0.25) is 0 Å². The molecule has 0 radical (unpaired) electrons. The molecule has 2 amide bonds. The average molecular weight is 183 g/mol. The fraction of sp³-hybridized carbons (Fsp3) is 0.375. The molecular formula is C8H9NO4. The molecule has 70 valence electrons. The van der Waals surface area contributed by atoms with Crippen molar-refractivity contribution in [2.45, 2.75) is 6.92 Å². The number of esters is 1. The number of amides is 2. The van der Waals surface area contributed by atoms with Crippen LogP contribution in [0, 0.1) is 0 Å². The Morgan fingerprint density at radius 2 is 2.15 bits per heavy atom. The van der Waals surface area contributed by atoms with Crippen LogP contribution in [0.25, 0.3) is 0 Å². The van der Waals surface area contributed by atoms with E-state index in [1.807, 2.05) is 0 Å². The monoisotopic (exact) mass is 183 g/mol. The highest BCUT2D eigenvalue weighted by Crippen LogP contribution is 2.11. The molecule has 1 aliphatic rings. The first kappa shape index (κ1) is 9.44. The summed E-state index contributed by atoms with van der Waals surface area (Å²) in [5.41, 5.74) is 0.342. The van der Waals surface area contributed by atoms with Crippen molar-refractivity contribution >= 4 is 17.8 Å². The Bertz CT molecular complexity index is 305. The van der Waals surface area contributed by atoms with Crippen LogP contribution in [0.15, 0.2) is 11.6 Å². The van der Waals surface area contributed by atoms with Crippen LogP contribution in [0.4, 0.5) is 0 Å². The molecule has 0 spiro atoms. The number of rotatable bonds is 2. The van der Waals surface area contributed by atoms with E-state index in [-0.39, 0.29) is 6.54 Å². The second-order valence-electron chi connectivity index (χ2n) is 2.63. The lowest BCUT2D eigenvalue weighted by Gasteiger charge is -2.11. The molecule has 1 heterocycles. The molecule has 13 heavy (non-hydrogen) atoms. The molecular weight excluding hydrogens is 174 g/mol. The number of imide groups is 1. The first-order valence-corrected chi connectivity index (χ1v) is 3.67. The highest BCUT2D eigenvalue weighted by molar-refractivity contribution is 6.16. The fourth-order valence-corrected chi connectivity index (χ4v) is 0.981. The van der Waals surface area contributed by atoms with E-state index in [9.17, 15) is 14.4 Å². The Morgan fingerprint density at radius 1 is 1.54 bits per heavy atom. The Morgan fingerprint density at radius 3 is 2.54 bits per heavy atom. The number of ether oxygens (including phenoxy) is 1. The van der Waals surface area contributed by atoms with Crippen molar-refractivity contribution in [3.63, 3.8) is 0 Å². The summed E-state index contributed by atoms with van der Waals surface area (Å²) >= 11 is 0. The van der Waals surface area contributed by atoms with Crippen LogP contribution in [0.1, 0.15) is 6.92 Å². The van der Waals surface area contributed by atoms with Crippen LogP contribution >= 0.6 is 0 Å². The third kappa shape index (κ3) is 1.74. The summed E-state index contributed by atoms with van der Waals surface area (Å²) < 4.78 is 4.34. The Balaban J connectivity index is 2.69. The molecule has 0 saturated heterocycles. The van der Waals surface area contributed by atoms with E-state index in [0.29, 0.717) is 5.57 Å². The standard InChI is InChI=1S/C8H9NO4/c1-5-3-6(10)9(8(5)12)4-7(11)13-2/h3H,4H2,1-2H3. The normalized spacial score (nSPS) is 16.2. The Labute approximate surface area is 75.0 Å². The van der Waals surface area contributed by atoms with E-state index in [2.05, 4.69) is 4.74 Å². The van der Waals surface area contributed by atoms with E-state index in [4.69, 9.17) is 0 Å². The molecule has 0 aromatic carbocycles. The zero-order valence-electron chi connectivity index (χ0n) is 7.36. The van der Waals surface area contributed by atoms with Gasteiger partial charge in [-0.3, -0.25) is 19.3 Å². The molecule has 0 bridgehead atoms. The van der Waals surface area contributed by atoms with Gasteiger partial charge in [0.05, 0.1) is 7.11 Å². The fourth-order valence-electron chi connectivity index (χ4n) is 0.981. The quantitative estimate of drug-likeness (QED) is 0.426. The van der Waals surface area contributed by atoms with Gasteiger partial charge in [0.25, 0.3) is 11.8 Å². The van der Waals surface area contributed by atoms with Crippen molar-refractivity contribution in [1.29, 1.82) is 0 Å². The summed E-state index contributed by atoms with van der Waals surface area (Å²) in [7, 11) is 1.20. The third-order valence-corrected chi connectivity index (χ3v) is 1.70. The maximum Gasteiger partial charge on any atom is 0.325 e. The predicted molar refractivity (Wildman–Crippen MR) is 42.5 cm³/mol. The molecule has 5 heteroatoms. The molecule has 0 N–H and O–H groups in total. The summed E-state index contributed by atoms with van der Waals surface area (Å²) in [6.45, 7) is 1.21. The molecule has 5 nitrogen and oxygen atoms in total. The van der Waals surface area contributed by atoms with Crippen LogP contribution in [0.5, 0.6) is 0 Å².